The van der Waals surface area contributed by atoms with Crippen molar-refractivity contribution >= 4 is 35.1 Å². The minimum absolute atomic E-state index is 0.256. The molecule has 0 saturated carbocycles. The predicted molar refractivity (Wildman–Crippen MR) is 115 cm³/mol. The van der Waals surface area contributed by atoms with Crippen LogP contribution in [0.4, 0.5) is 16.3 Å². The van der Waals surface area contributed by atoms with Gasteiger partial charge in [-0.05, 0) is 57.2 Å². The van der Waals surface area contributed by atoms with Crippen molar-refractivity contribution in [2.45, 2.75) is 26.4 Å². The second-order valence-corrected chi connectivity index (χ2v) is 7.93. The molecule has 2 N–H and O–H groups in total. The van der Waals surface area contributed by atoms with Gasteiger partial charge in [0.05, 0.1) is 5.69 Å². The lowest BCUT2D eigenvalue weighted by atomic mass is 10.2. The Morgan fingerprint density at radius 3 is 2.43 bits per heavy atom. The largest absolute Gasteiger partial charge is 0.443 e. The zero-order valence-corrected chi connectivity index (χ0v) is 17.6. The number of hydrogen-bond donors (Lipinski definition) is 2. The highest BCUT2D eigenvalue weighted by molar-refractivity contribution is 6.30. The lowest BCUT2D eigenvalue weighted by Crippen LogP contribution is -2.41. The first-order valence-corrected chi connectivity index (χ1v) is 9.61. The quantitative estimate of drug-likeness (QED) is 0.624. The Hall–Kier alpha value is -3.39. The molecular weight excluding hydrogens is 406 g/mol. The number of halogens is 1. The van der Waals surface area contributed by atoms with Gasteiger partial charge in [0, 0.05) is 34.7 Å². The number of rotatable bonds is 5. The standard InChI is InChI=1S/C21H22ClN5O3/c1-21(2,3)30-20(29)27(16-6-4-15(22)5-7-16)13-19(28)24-18-12-17(25-26-18)14-8-10-23-11-9-14/h4-12H,13H2,1-3H3,(H2,24,25,26,28). The maximum Gasteiger partial charge on any atom is 0.415 e. The molecule has 0 saturated heterocycles. The summed E-state index contributed by atoms with van der Waals surface area (Å²) in [5.41, 5.74) is 1.40. The SMILES string of the molecule is CC(C)(C)OC(=O)N(CC(=O)Nc1cc(-c2ccncc2)[nH]n1)c1ccc(Cl)cc1. The molecule has 0 aliphatic heterocycles. The van der Waals surface area contributed by atoms with Gasteiger partial charge in [0.1, 0.15) is 12.1 Å². The summed E-state index contributed by atoms with van der Waals surface area (Å²) < 4.78 is 5.44. The molecule has 2 aromatic heterocycles. The van der Waals surface area contributed by atoms with E-state index in [1.165, 1.54) is 4.90 Å². The van der Waals surface area contributed by atoms with Gasteiger partial charge >= 0.3 is 6.09 Å². The molecule has 1 aromatic carbocycles. The van der Waals surface area contributed by atoms with Gasteiger partial charge in [-0.15, -0.1) is 0 Å². The topological polar surface area (TPSA) is 100 Å². The zero-order valence-electron chi connectivity index (χ0n) is 16.8. The number of ether oxygens (including phenoxy) is 1. The second-order valence-electron chi connectivity index (χ2n) is 7.49. The Kier molecular flexibility index (Phi) is 6.37. The molecular formula is C21H22ClN5O3. The molecule has 3 aromatic rings. The highest BCUT2D eigenvalue weighted by Gasteiger charge is 2.25. The van der Waals surface area contributed by atoms with E-state index in [0.29, 0.717) is 16.5 Å². The smallest absolute Gasteiger partial charge is 0.415 e. The summed E-state index contributed by atoms with van der Waals surface area (Å²) in [7, 11) is 0. The zero-order chi connectivity index (χ0) is 21.7. The first-order chi connectivity index (χ1) is 14.2. The number of carbonyl (C=O) groups is 2. The van der Waals surface area contributed by atoms with E-state index in [9.17, 15) is 9.59 Å². The van der Waals surface area contributed by atoms with Crippen LogP contribution in [0.1, 0.15) is 20.8 Å². The van der Waals surface area contributed by atoms with Gasteiger partial charge < -0.3 is 10.1 Å². The number of nitrogens with one attached hydrogen (secondary N) is 2. The molecule has 0 fully saturated rings. The minimum atomic E-state index is -0.708. The van der Waals surface area contributed by atoms with Crippen molar-refractivity contribution in [2.75, 3.05) is 16.8 Å². The predicted octanol–water partition coefficient (Wildman–Crippen LogP) is 4.51. The Morgan fingerprint density at radius 2 is 1.80 bits per heavy atom. The number of amides is 2. The molecule has 0 spiro atoms. The molecule has 0 aliphatic carbocycles. The monoisotopic (exact) mass is 427 g/mol. The Labute approximate surface area is 179 Å². The van der Waals surface area contributed by atoms with Crippen LogP contribution in [-0.2, 0) is 9.53 Å². The lowest BCUT2D eigenvalue weighted by Gasteiger charge is -2.27. The van der Waals surface area contributed by atoms with Gasteiger partial charge in [-0.25, -0.2) is 4.79 Å². The van der Waals surface area contributed by atoms with Crippen molar-refractivity contribution in [1.82, 2.24) is 15.2 Å². The van der Waals surface area contributed by atoms with E-state index in [0.717, 1.165) is 11.3 Å². The summed E-state index contributed by atoms with van der Waals surface area (Å²) in [4.78, 5) is 30.5. The lowest BCUT2D eigenvalue weighted by molar-refractivity contribution is -0.115. The number of carbonyl (C=O) groups excluding carboxylic acids is 2. The van der Waals surface area contributed by atoms with Gasteiger partial charge in [0.2, 0.25) is 5.91 Å². The van der Waals surface area contributed by atoms with Gasteiger partial charge in [-0.1, -0.05) is 11.6 Å². The van der Waals surface area contributed by atoms with Crippen LogP contribution < -0.4 is 10.2 Å². The van der Waals surface area contributed by atoms with Gasteiger partial charge in [-0.3, -0.25) is 19.8 Å². The fraction of sp³-hybridized carbons (Fsp3) is 0.238. The molecule has 156 valence electrons. The van der Waals surface area contributed by atoms with E-state index >= 15 is 0 Å². The van der Waals surface area contributed by atoms with Crippen molar-refractivity contribution in [3.05, 3.63) is 59.9 Å². The maximum absolute atomic E-state index is 12.7. The third-order valence-corrected chi connectivity index (χ3v) is 4.14. The molecule has 3 rings (SSSR count). The van der Waals surface area contributed by atoms with Crippen LogP contribution in [0.3, 0.4) is 0 Å². The van der Waals surface area contributed by atoms with Crippen LogP contribution >= 0.6 is 11.6 Å². The van der Waals surface area contributed by atoms with Gasteiger partial charge in [0.15, 0.2) is 5.82 Å². The van der Waals surface area contributed by atoms with Crippen molar-refractivity contribution in [3.8, 4) is 11.3 Å². The number of aromatic nitrogens is 3. The summed E-state index contributed by atoms with van der Waals surface area (Å²) in [5.74, 6) is -0.0874. The summed E-state index contributed by atoms with van der Waals surface area (Å²) in [6.45, 7) is 5.02. The van der Waals surface area contributed by atoms with Crippen molar-refractivity contribution < 1.29 is 14.3 Å². The summed E-state index contributed by atoms with van der Waals surface area (Å²) in [5, 5.41) is 10.2. The van der Waals surface area contributed by atoms with Crippen LogP contribution in [0.2, 0.25) is 5.02 Å². The van der Waals surface area contributed by atoms with E-state index in [1.54, 1.807) is 63.5 Å². The summed E-state index contributed by atoms with van der Waals surface area (Å²) >= 11 is 5.94. The Balaban J connectivity index is 1.74. The van der Waals surface area contributed by atoms with Crippen LogP contribution in [0, 0.1) is 0 Å². The molecule has 8 nitrogen and oxygen atoms in total. The van der Waals surface area contributed by atoms with E-state index < -0.39 is 17.6 Å². The number of benzene rings is 1. The molecule has 0 aliphatic rings. The number of H-pyrrole nitrogens is 1. The fourth-order valence-electron chi connectivity index (χ4n) is 2.59. The molecule has 2 amide bonds. The van der Waals surface area contributed by atoms with Crippen LogP contribution in [0.15, 0.2) is 54.9 Å². The third kappa shape index (κ3) is 5.81. The minimum Gasteiger partial charge on any atom is -0.443 e. The average molecular weight is 428 g/mol. The van der Waals surface area contributed by atoms with Crippen molar-refractivity contribution in [2.24, 2.45) is 0 Å². The van der Waals surface area contributed by atoms with Crippen LogP contribution in [0.25, 0.3) is 11.3 Å². The Bertz CT molecular complexity index is 1010. The fourth-order valence-corrected chi connectivity index (χ4v) is 2.72. The molecule has 30 heavy (non-hydrogen) atoms. The molecule has 9 heteroatoms. The average Bonchev–Trinajstić information content (AvgIpc) is 3.14. The molecule has 2 heterocycles. The summed E-state index contributed by atoms with van der Waals surface area (Å²) in [6, 6.07) is 11.9. The highest BCUT2D eigenvalue weighted by Crippen LogP contribution is 2.22. The third-order valence-electron chi connectivity index (χ3n) is 3.89. The molecule has 0 bridgehead atoms. The van der Waals surface area contributed by atoms with Crippen molar-refractivity contribution in [3.63, 3.8) is 0 Å². The first kappa shape index (κ1) is 21.3. The number of aromatic amines is 1. The Morgan fingerprint density at radius 1 is 1.13 bits per heavy atom. The molecule has 0 atom stereocenters. The first-order valence-electron chi connectivity index (χ1n) is 9.23. The number of hydrogen-bond acceptors (Lipinski definition) is 5. The highest BCUT2D eigenvalue weighted by atomic mass is 35.5. The van der Waals surface area contributed by atoms with E-state index in [4.69, 9.17) is 16.3 Å². The summed E-state index contributed by atoms with van der Waals surface area (Å²) in [6.07, 6.45) is 2.69. The molecule has 0 radical (unpaired) electrons. The van der Waals surface area contributed by atoms with E-state index in [2.05, 4.69) is 20.5 Å². The van der Waals surface area contributed by atoms with E-state index in [1.807, 2.05) is 12.1 Å². The normalized spacial score (nSPS) is 11.1. The van der Waals surface area contributed by atoms with Crippen LogP contribution in [0.5, 0.6) is 0 Å². The molecule has 0 unspecified atom stereocenters. The number of nitrogens with zero attached hydrogens (tertiary/aromatic N) is 3. The second kappa shape index (κ2) is 8.96. The van der Waals surface area contributed by atoms with E-state index in [-0.39, 0.29) is 6.54 Å². The van der Waals surface area contributed by atoms with Gasteiger partial charge in [0.25, 0.3) is 0 Å². The van der Waals surface area contributed by atoms with Crippen molar-refractivity contribution in [1.29, 1.82) is 0 Å². The van der Waals surface area contributed by atoms with Gasteiger partial charge in [-0.2, -0.15) is 5.10 Å². The van der Waals surface area contributed by atoms with Crippen LogP contribution in [-0.4, -0.2) is 39.3 Å². The maximum atomic E-state index is 12.7. The number of pyridine rings is 1. The number of anilines is 2.